The van der Waals surface area contributed by atoms with Gasteiger partial charge in [-0.15, -0.1) is 21.5 Å². The molecule has 2 heterocycles. The SMILES string of the molecule is Cc1ccc2nc(-c3ccc(NC(=O)CSc4nnc(-c5ccc(C(C)(C)C)cc5)n4C)cc3)sc2c1. The molecule has 0 fully saturated rings. The van der Waals surface area contributed by atoms with Crippen LogP contribution < -0.4 is 5.32 Å². The van der Waals surface area contributed by atoms with Crippen molar-refractivity contribution in [1.82, 2.24) is 19.7 Å². The van der Waals surface area contributed by atoms with Crippen LogP contribution in [0.5, 0.6) is 0 Å². The molecule has 8 heteroatoms. The highest BCUT2D eigenvalue weighted by Gasteiger charge is 2.16. The van der Waals surface area contributed by atoms with E-state index < -0.39 is 0 Å². The standard InChI is InChI=1S/C29H29N5OS2/c1-18-6-15-23-24(16-18)37-27(31-23)20-9-13-22(14-10-20)30-25(35)17-36-28-33-32-26(34(28)5)19-7-11-21(12-8-19)29(2,3)4/h6-16H,17H2,1-5H3,(H,30,35). The van der Waals surface area contributed by atoms with Gasteiger partial charge in [0.2, 0.25) is 5.91 Å². The van der Waals surface area contributed by atoms with Crippen molar-refractivity contribution in [3.8, 4) is 22.0 Å². The highest BCUT2D eigenvalue weighted by atomic mass is 32.2. The van der Waals surface area contributed by atoms with E-state index in [2.05, 4.69) is 85.7 Å². The molecule has 0 aliphatic rings. The number of nitrogens with one attached hydrogen (secondary N) is 1. The van der Waals surface area contributed by atoms with Gasteiger partial charge < -0.3 is 9.88 Å². The van der Waals surface area contributed by atoms with Gasteiger partial charge in [0, 0.05) is 23.9 Å². The fraction of sp³-hybridized carbons (Fsp3) is 0.241. The Morgan fingerprint density at radius 3 is 2.38 bits per heavy atom. The van der Waals surface area contributed by atoms with Crippen LogP contribution in [0, 0.1) is 6.92 Å². The van der Waals surface area contributed by atoms with E-state index in [-0.39, 0.29) is 17.1 Å². The van der Waals surface area contributed by atoms with Crippen LogP contribution in [-0.2, 0) is 17.3 Å². The molecule has 5 aromatic rings. The van der Waals surface area contributed by atoms with Gasteiger partial charge in [0.25, 0.3) is 0 Å². The van der Waals surface area contributed by atoms with Crippen molar-refractivity contribution in [3.05, 3.63) is 77.9 Å². The number of thioether (sulfide) groups is 1. The quantitative estimate of drug-likeness (QED) is 0.239. The van der Waals surface area contributed by atoms with Crippen LogP contribution in [-0.4, -0.2) is 31.4 Å². The average molecular weight is 528 g/mol. The summed E-state index contributed by atoms with van der Waals surface area (Å²) in [5.74, 6) is 0.935. The van der Waals surface area contributed by atoms with Gasteiger partial charge in [0.15, 0.2) is 11.0 Å². The number of aryl methyl sites for hydroxylation is 1. The molecule has 0 unspecified atom stereocenters. The molecule has 188 valence electrons. The van der Waals surface area contributed by atoms with Crippen molar-refractivity contribution in [2.45, 2.75) is 38.3 Å². The molecule has 0 radical (unpaired) electrons. The Morgan fingerprint density at radius 1 is 0.973 bits per heavy atom. The van der Waals surface area contributed by atoms with E-state index >= 15 is 0 Å². The lowest BCUT2D eigenvalue weighted by Gasteiger charge is -2.19. The lowest BCUT2D eigenvalue weighted by molar-refractivity contribution is -0.113. The summed E-state index contributed by atoms with van der Waals surface area (Å²) in [6.45, 7) is 8.68. The molecule has 0 saturated heterocycles. The van der Waals surface area contributed by atoms with E-state index in [9.17, 15) is 4.79 Å². The van der Waals surface area contributed by atoms with E-state index in [4.69, 9.17) is 4.98 Å². The minimum atomic E-state index is -0.0905. The van der Waals surface area contributed by atoms with Crippen LogP contribution >= 0.6 is 23.1 Å². The Bertz CT molecular complexity index is 1560. The predicted molar refractivity (Wildman–Crippen MR) is 154 cm³/mol. The second-order valence-corrected chi connectivity index (χ2v) is 12.1. The Labute approximate surface area is 225 Å². The first-order chi connectivity index (χ1) is 17.7. The maximum atomic E-state index is 12.6. The van der Waals surface area contributed by atoms with Gasteiger partial charge in [0.05, 0.1) is 16.0 Å². The Balaban J connectivity index is 1.20. The van der Waals surface area contributed by atoms with Crippen LogP contribution in [0.2, 0.25) is 0 Å². The predicted octanol–water partition coefficient (Wildman–Crippen LogP) is 7.10. The van der Waals surface area contributed by atoms with Crippen molar-refractivity contribution in [2.24, 2.45) is 7.05 Å². The monoisotopic (exact) mass is 527 g/mol. The molecule has 1 N–H and O–H groups in total. The van der Waals surface area contributed by atoms with Crippen LogP contribution in [0.4, 0.5) is 5.69 Å². The van der Waals surface area contributed by atoms with Gasteiger partial charge in [-0.3, -0.25) is 4.79 Å². The van der Waals surface area contributed by atoms with E-state index in [1.807, 2.05) is 35.9 Å². The first-order valence-electron chi connectivity index (χ1n) is 12.1. The van der Waals surface area contributed by atoms with E-state index in [0.717, 1.165) is 33.2 Å². The maximum absolute atomic E-state index is 12.6. The van der Waals surface area contributed by atoms with Gasteiger partial charge in [0.1, 0.15) is 5.01 Å². The third-order valence-electron chi connectivity index (χ3n) is 6.14. The van der Waals surface area contributed by atoms with Gasteiger partial charge >= 0.3 is 0 Å². The number of hydrogen-bond donors (Lipinski definition) is 1. The average Bonchev–Trinajstić information content (AvgIpc) is 3.45. The van der Waals surface area contributed by atoms with Crippen LogP contribution in [0.25, 0.3) is 32.2 Å². The van der Waals surface area contributed by atoms with Gasteiger partial charge in [-0.05, 0) is 59.9 Å². The topological polar surface area (TPSA) is 72.7 Å². The number of aromatic nitrogens is 4. The minimum absolute atomic E-state index is 0.0905. The molecule has 0 aliphatic heterocycles. The Morgan fingerprint density at radius 2 is 1.68 bits per heavy atom. The summed E-state index contributed by atoms with van der Waals surface area (Å²) in [5.41, 5.74) is 6.40. The smallest absolute Gasteiger partial charge is 0.234 e. The van der Waals surface area contributed by atoms with Gasteiger partial charge in [-0.1, -0.05) is 62.9 Å². The number of carbonyl (C=O) groups excluding carboxylic acids is 1. The highest BCUT2D eigenvalue weighted by Crippen LogP contribution is 2.31. The number of rotatable bonds is 6. The zero-order valence-corrected chi connectivity index (χ0v) is 23.2. The number of fused-ring (bicyclic) bond motifs is 1. The van der Waals surface area contributed by atoms with Gasteiger partial charge in [-0.2, -0.15) is 0 Å². The number of amides is 1. The van der Waals surface area contributed by atoms with Crippen LogP contribution in [0.1, 0.15) is 31.9 Å². The molecule has 0 aliphatic carbocycles. The largest absolute Gasteiger partial charge is 0.325 e. The summed E-state index contributed by atoms with van der Waals surface area (Å²) >= 11 is 3.05. The Kier molecular flexibility index (Phi) is 6.88. The first-order valence-corrected chi connectivity index (χ1v) is 13.9. The lowest BCUT2D eigenvalue weighted by Crippen LogP contribution is -2.14. The van der Waals surface area contributed by atoms with Crippen molar-refractivity contribution >= 4 is 44.9 Å². The van der Waals surface area contributed by atoms with Crippen molar-refractivity contribution in [1.29, 1.82) is 0 Å². The molecule has 5 rings (SSSR count). The summed E-state index contributed by atoms with van der Waals surface area (Å²) in [7, 11) is 1.93. The molecule has 0 bridgehead atoms. The van der Waals surface area contributed by atoms with E-state index in [1.165, 1.54) is 27.6 Å². The molecule has 2 aromatic heterocycles. The summed E-state index contributed by atoms with van der Waals surface area (Å²) in [4.78, 5) is 17.3. The van der Waals surface area contributed by atoms with Gasteiger partial charge in [-0.25, -0.2) is 4.98 Å². The van der Waals surface area contributed by atoms with E-state index in [0.29, 0.717) is 5.16 Å². The molecule has 6 nitrogen and oxygen atoms in total. The summed E-state index contributed by atoms with van der Waals surface area (Å²) in [6, 6.07) is 22.5. The highest BCUT2D eigenvalue weighted by molar-refractivity contribution is 7.99. The zero-order chi connectivity index (χ0) is 26.2. The molecule has 3 aromatic carbocycles. The van der Waals surface area contributed by atoms with E-state index in [1.54, 1.807) is 11.3 Å². The zero-order valence-electron chi connectivity index (χ0n) is 21.6. The fourth-order valence-electron chi connectivity index (χ4n) is 3.99. The second-order valence-electron chi connectivity index (χ2n) is 10.1. The minimum Gasteiger partial charge on any atom is -0.325 e. The van der Waals surface area contributed by atoms with Crippen LogP contribution in [0.15, 0.2) is 71.9 Å². The summed E-state index contributed by atoms with van der Waals surface area (Å²) in [5, 5.41) is 13.3. The third-order valence-corrected chi connectivity index (χ3v) is 8.22. The summed E-state index contributed by atoms with van der Waals surface area (Å²) < 4.78 is 3.11. The third kappa shape index (κ3) is 5.60. The molecule has 1 amide bonds. The normalized spacial score (nSPS) is 11.7. The Hall–Kier alpha value is -3.49. The van der Waals surface area contributed by atoms with Crippen molar-refractivity contribution in [3.63, 3.8) is 0 Å². The number of benzene rings is 3. The number of anilines is 1. The molecular weight excluding hydrogens is 498 g/mol. The fourth-order valence-corrected chi connectivity index (χ4v) is 5.77. The van der Waals surface area contributed by atoms with Crippen molar-refractivity contribution < 1.29 is 4.79 Å². The molecule has 37 heavy (non-hydrogen) atoms. The number of carbonyl (C=O) groups is 1. The number of nitrogens with zero attached hydrogens (tertiary/aromatic N) is 4. The summed E-state index contributed by atoms with van der Waals surface area (Å²) in [6.07, 6.45) is 0. The van der Waals surface area contributed by atoms with Crippen LogP contribution in [0.3, 0.4) is 0 Å². The second kappa shape index (κ2) is 10.1. The number of thiazole rings is 1. The lowest BCUT2D eigenvalue weighted by atomic mass is 9.87. The molecule has 0 atom stereocenters. The first kappa shape index (κ1) is 25.2. The maximum Gasteiger partial charge on any atom is 0.234 e. The van der Waals surface area contributed by atoms with Crippen molar-refractivity contribution in [2.75, 3.05) is 11.1 Å². The molecule has 0 saturated carbocycles. The molecule has 0 spiro atoms. The number of hydrogen-bond acceptors (Lipinski definition) is 6. The molecular formula is C29H29N5OS2.